The highest BCUT2D eigenvalue weighted by Crippen LogP contribution is 2.21. The first-order valence-corrected chi connectivity index (χ1v) is 5.58. The van der Waals surface area contributed by atoms with Crippen molar-refractivity contribution in [2.45, 2.75) is 6.04 Å². The Balaban J connectivity index is 2.23. The molecule has 0 spiro atoms. The number of likely N-dealkylation sites (N-methyl/N-ethyl adjacent to an activating group) is 1. The molecule has 1 saturated heterocycles. The number of anilines is 1. The Hall–Kier alpha value is -1.62. The molecule has 1 aliphatic heterocycles. The summed E-state index contributed by atoms with van der Waals surface area (Å²) in [6.07, 6.45) is 0. The van der Waals surface area contributed by atoms with Gasteiger partial charge in [-0.15, -0.1) is 0 Å². The highest BCUT2D eigenvalue weighted by atomic mass is 19.1. The lowest BCUT2D eigenvalue weighted by molar-refractivity contribution is -0.131. The molecule has 1 heterocycles. The molecule has 2 N–H and O–H groups in total. The van der Waals surface area contributed by atoms with Crippen LogP contribution in [0.4, 0.5) is 10.1 Å². The molecular weight excluding hydrogens is 221 g/mol. The fourth-order valence-corrected chi connectivity index (χ4v) is 2.04. The molecule has 1 aliphatic rings. The Morgan fingerprint density at radius 1 is 1.47 bits per heavy atom. The molecule has 0 bridgehead atoms. The zero-order valence-corrected chi connectivity index (χ0v) is 9.77. The third-order valence-corrected chi connectivity index (χ3v) is 3.16. The van der Waals surface area contributed by atoms with Crippen molar-refractivity contribution in [3.05, 3.63) is 30.1 Å². The van der Waals surface area contributed by atoms with E-state index >= 15 is 0 Å². The molecule has 0 radical (unpaired) electrons. The molecule has 4 nitrogen and oxygen atoms in total. The lowest BCUT2D eigenvalue weighted by atomic mass is 10.1. The minimum Gasteiger partial charge on any atom is -0.358 e. The summed E-state index contributed by atoms with van der Waals surface area (Å²) in [5.74, 6) is -0.337. The van der Waals surface area contributed by atoms with Crippen molar-refractivity contribution in [3.8, 4) is 0 Å². The first kappa shape index (κ1) is 11.9. The van der Waals surface area contributed by atoms with Crippen LogP contribution in [0.3, 0.4) is 0 Å². The second kappa shape index (κ2) is 4.71. The first-order chi connectivity index (χ1) is 8.13. The summed E-state index contributed by atoms with van der Waals surface area (Å²) in [5.41, 5.74) is 6.09. The van der Waals surface area contributed by atoms with Crippen molar-refractivity contribution in [1.29, 1.82) is 0 Å². The van der Waals surface area contributed by atoms with Crippen LogP contribution < -0.4 is 10.6 Å². The van der Waals surface area contributed by atoms with Gasteiger partial charge in [-0.25, -0.2) is 4.39 Å². The fraction of sp³-hybridized carbons (Fsp3) is 0.417. The standard InChI is InChI=1S/C12H16FN3O/c1-15-9(6-14)7-16(8-12(15)17)11-5-3-2-4-10(11)13/h2-5,9H,6-8,14H2,1H3. The van der Waals surface area contributed by atoms with Crippen LogP contribution in [-0.2, 0) is 4.79 Å². The van der Waals surface area contributed by atoms with E-state index in [4.69, 9.17) is 5.73 Å². The second-order valence-corrected chi connectivity index (χ2v) is 4.23. The number of nitrogens with two attached hydrogens (primary N) is 1. The van der Waals surface area contributed by atoms with Gasteiger partial charge >= 0.3 is 0 Å². The predicted octanol–water partition coefficient (Wildman–Crippen LogP) is 0.431. The molecule has 92 valence electrons. The van der Waals surface area contributed by atoms with Gasteiger partial charge in [-0.05, 0) is 12.1 Å². The number of para-hydroxylation sites is 1. The number of hydrogen-bond acceptors (Lipinski definition) is 3. The van der Waals surface area contributed by atoms with Crippen molar-refractivity contribution >= 4 is 11.6 Å². The van der Waals surface area contributed by atoms with Crippen LogP contribution in [0.25, 0.3) is 0 Å². The van der Waals surface area contributed by atoms with Gasteiger partial charge in [-0.1, -0.05) is 12.1 Å². The Bertz CT molecular complexity index is 424. The molecule has 1 aromatic carbocycles. The number of rotatable bonds is 2. The van der Waals surface area contributed by atoms with Gasteiger partial charge in [-0.2, -0.15) is 0 Å². The van der Waals surface area contributed by atoms with Gasteiger partial charge in [0.1, 0.15) is 5.82 Å². The van der Waals surface area contributed by atoms with Crippen molar-refractivity contribution in [3.63, 3.8) is 0 Å². The molecule has 0 aromatic heterocycles. The Morgan fingerprint density at radius 2 is 2.18 bits per heavy atom. The van der Waals surface area contributed by atoms with E-state index in [1.165, 1.54) is 6.07 Å². The molecule has 1 amide bonds. The molecule has 2 rings (SSSR count). The van der Waals surface area contributed by atoms with E-state index < -0.39 is 0 Å². The van der Waals surface area contributed by atoms with Crippen LogP contribution in [-0.4, -0.2) is 43.5 Å². The average Bonchev–Trinajstić information content (AvgIpc) is 2.33. The molecule has 5 heteroatoms. The fourth-order valence-electron chi connectivity index (χ4n) is 2.04. The highest BCUT2D eigenvalue weighted by molar-refractivity contribution is 5.83. The van der Waals surface area contributed by atoms with Crippen molar-refractivity contribution in [1.82, 2.24) is 4.90 Å². The summed E-state index contributed by atoms with van der Waals surface area (Å²) >= 11 is 0. The first-order valence-electron chi connectivity index (χ1n) is 5.58. The smallest absolute Gasteiger partial charge is 0.242 e. The van der Waals surface area contributed by atoms with Gasteiger partial charge in [-0.3, -0.25) is 4.79 Å². The number of carbonyl (C=O) groups is 1. The Morgan fingerprint density at radius 3 is 2.82 bits per heavy atom. The lowest BCUT2D eigenvalue weighted by Gasteiger charge is -2.39. The van der Waals surface area contributed by atoms with E-state index in [0.717, 1.165) is 0 Å². The number of benzene rings is 1. The summed E-state index contributed by atoms with van der Waals surface area (Å²) in [7, 11) is 1.73. The molecule has 17 heavy (non-hydrogen) atoms. The van der Waals surface area contributed by atoms with Crippen molar-refractivity contribution in [2.24, 2.45) is 5.73 Å². The summed E-state index contributed by atoms with van der Waals surface area (Å²) in [6.45, 7) is 1.15. The van der Waals surface area contributed by atoms with Crippen LogP contribution >= 0.6 is 0 Å². The maximum Gasteiger partial charge on any atom is 0.242 e. The molecule has 1 fully saturated rings. The topological polar surface area (TPSA) is 49.6 Å². The van der Waals surface area contributed by atoms with E-state index in [2.05, 4.69) is 0 Å². The third kappa shape index (κ3) is 2.24. The van der Waals surface area contributed by atoms with Gasteiger partial charge in [0.05, 0.1) is 18.3 Å². The quantitative estimate of drug-likeness (QED) is 0.811. The summed E-state index contributed by atoms with van der Waals surface area (Å²) in [5, 5.41) is 0. The van der Waals surface area contributed by atoms with Crippen LogP contribution in [0.1, 0.15) is 0 Å². The van der Waals surface area contributed by atoms with Gasteiger partial charge in [0.15, 0.2) is 0 Å². The average molecular weight is 237 g/mol. The number of hydrogen-bond donors (Lipinski definition) is 1. The van der Waals surface area contributed by atoms with Gasteiger partial charge in [0.2, 0.25) is 5.91 Å². The van der Waals surface area contributed by atoms with Crippen molar-refractivity contribution < 1.29 is 9.18 Å². The van der Waals surface area contributed by atoms with Crippen molar-refractivity contribution in [2.75, 3.05) is 31.6 Å². The molecule has 1 aromatic rings. The van der Waals surface area contributed by atoms with Gasteiger partial charge < -0.3 is 15.5 Å². The van der Waals surface area contributed by atoms with Crippen LogP contribution in [0.2, 0.25) is 0 Å². The Labute approximate surface area is 99.8 Å². The van der Waals surface area contributed by atoms with E-state index in [1.807, 2.05) is 0 Å². The highest BCUT2D eigenvalue weighted by Gasteiger charge is 2.29. The molecule has 0 saturated carbocycles. The maximum absolute atomic E-state index is 13.6. The minimum atomic E-state index is -0.305. The summed E-state index contributed by atoms with van der Waals surface area (Å²) in [4.78, 5) is 15.1. The molecule has 1 unspecified atom stereocenters. The number of nitrogens with zero attached hydrogens (tertiary/aromatic N) is 2. The SMILES string of the molecule is CN1C(=O)CN(c2ccccc2F)CC1CN. The zero-order chi connectivity index (χ0) is 12.4. The molecular formula is C12H16FN3O. The number of carbonyl (C=O) groups excluding carboxylic acids is 1. The lowest BCUT2D eigenvalue weighted by Crippen LogP contribution is -2.57. The van der Waals surface area contributed by atoms with E-state index in [0.29, 0.717) is 18.8 Å². The predicted molar refractivity (Wildman–Crippen MR) is 64.2 cm³/mol. The molecule has 1 atom stereocenters. The van der Waals surface area contributed by atoms with Gasteiger partial charge in [0, 0.05) is 20.1 Å². The molecule has 0 aliphatic carbocycles. The van der Waals surface area contributed by atoms with Crippen LogP contribution in [0, 0.1) is 5.82 Å². The number of amides is 1. The van der Waals surface area contributed by atoms with E-state index in [-0.39, 0.29) is 24.3 Å². The monoisotopic (exact) mass is 237 g/mol. The van der Waals surface area contributed by atoms with E-state index in [1.54, 1.807) is 35.0 Å². The largest absolute Gasteiger partial charge is 0.358 e. The summed E-state index contributed by atoms with van der Waals surface area (Å²) in [6, 6.07) is 6.42. The van der Waals surface area contributed by atoms with Crippen LogP contribution in [0.5, 0.6) is 0 Å². The number of halogens is 1. The maximum atomic E-state index is 13.6. The third-order valence-electron chi connectivity index (χ3n) is 3.16. The summed E-state index contributed by atoms with van der Waals surface area (Å²) < 4.78 is 13.6. The normalized spacial score (nSPS) is 20.9. The van der Waals surface area contributed by atoms with Gasteiger partial charge in [0.25, 0.3) is 0 Å². The van der Waals surface area contributed by atoms with Crippen LogP contribution in [0.15, 0.2) is 24.3 Å². The second-order valence-electron chi connectivity index (χ2n) is 4.23. The zero-order valence-electron chi connectivity index (χ0n) is 9.77. The van der Waals surface area contributed by atoms with E-state index in [9.17, 15) is 9.18 Å². The minimum absolute atomic E-state index is 0.0325. The number of piperazine rings is 1. The Kier molecular flexibility index (Phi) is 3.28.